The zero-order chi connectivity index (χ0) is 16.7. The van der Waals surface area contributed by atoms with Crippen molar-refractivity contribution >= 4 is 16.6 Å². The Balaban J connectivity index is 1.77. The van der Waals surface area contributed by atoms with Crippen LogP contribution in [0.4, 0.5) is 0 Å². The molecule has 0 amide bonds. The van der Waals surface area contributed by atoms with Crippen LogP contribution in [-0.2, 0) is 17.7 Å². The molecule has 0 unspecified atom stereocenters. The van der Waals surface area contributed by atoms with Crippen LogP contribution in [0.2, 0.25) is 0 Å². The van der Waals surface area contributed by atoms with Gasteiger partial charge in [0.1, 0.15) is 5.82 Å². The first-order valence-corrected chi connectivity index (χ1v) is 8.65. The number of aryl methyl sites for hydroxylation is 1. The number of ether oxygens (including phenoxy) is 1. The lowest BCUT2D eigenvalue weighted by Crippen LogP contribution is -2.45. The molecule has 3 aromatic rings. The lowest BCUT2D eigenvalue weighted by Gasteiger charge is -2.34. The van der Waals surface area contributed by atoms with Crippen LogP contribution in [0.15, 0.2) is 24.3 Å². The number of rotatable bonds is 3. The van der Waals surface area contributed by atoms with E-state index in [1.54, 1.807) is 0 Å². The molecule has 126 valence electrons. The van der Waals surface area contributed by atoms with Crippen molar-refractivity contribution in [3.63, 3.8) is 0 Å². The first-order chi connectivity index (χ1) is 11.7. The van der Waals surface area contributed by atoms with Gasteiger partial charge in [-0.1, -0.05) is 19.1 Å². The molecule has 0 aliphatic carbocycles. The van der Waals surface area contributed by atoms with E-state index < -0.39 is 0 Å². The number of morpholine rings is 1. The molecule has 3 heterocycles. The van der Waals surface area contributed by atoms with Crippen molar-refractivity contribution in [1.29, 1.82) is 0 Å². The number of benzene rings is 1. The molecule has 0 spiro atoms. The minimum atomic E-state index is 0.248. The van der Waals surface area contributed by atoms with Crippen LogP contribution in [0.3, 0.4) is 0 Å². The molecule has 1 fully saturated rings. The quantitative estimate of drug-likeness (QED) is 0.740. The van der Waals surface area contributed by atoms with E-state index in [4.69, 9.17) is 9.72 Å². The third-order valence-corrected chi connectivity index (χ3v) is 4.56. The van der Waals surface area contributed by atoms with Crippen LogP contribution in [0.25, 0.3) is 16.6 Å². The van der Waals surface area contributed by atoms with Gasteiger partial charge in [-0.05, 0) is 26.0 Å². The average Bonchev–Trinajstić information content (AvgIpc) is 2.97. The van der Waals surface area contributed by atoms with Gasteiger partial charge in [0.05, 0.1) is 24.3 Å². The molecule has 1 saturated heterocycles. The maximum atomic E-state index is 5.83. The summed E-state index contributed by atoms with van der Waals surface area (Å²) < 4.78 is 7.96. The summed E-state index contributed by atoms with van der Waals surface area (Å²) in [5, 5.41) is 10.0. The van der Waals surface area contributed by atoms with Crippen molar-refractivity contribution in [3.8, 4) is 0 Å². The van der Waals surface area contributed by atoms with E-state index in [0.717, 1.165) is 54.3 Å². The number of para-hydroxylation sites is 1. The van der Waals surface area contributed by atoms with Crippen molar-refractivity contribution < 1.29 is 4.74 Å². The highest BCUT2D eigenvalue weighted by Crippen LogP contribution is 2.21. The topological polar surface area (TPSA) is 55.5 Å². The molecule has 2 atom stereocenters. The van der Waals surface area contributed by atoms with E-state index in [0.29, 0.717) is 0 Å². The Labute approximate surface area is 141 Å². The van der Waals surface area contributed by atoms with Gasteiger partial charge in [0, 0.05) is 24.9 Å². The normalized spacial score (nSPS) is 22.5. The molecule has 4 rings (SSSR count). The summed E-state index contributed by atoms with van der Waals surface area (Å²) in [4.78, 5) is 7.21. The summed E-state index contributed by atoms with van der Waals surface area (Å²) in [7, 11) is 0. The van der Waals surface area contributed by atoms with Gasteiger partial charge in [0.15, 0.2) is 11.5 Å². The van der Waals surface area contributed by atoms with Gasteiger partial charge >= 0.3 is 0 Å². The molecule has 6 nitrogen and oxygen atoms in total. The van der Waals surface area contributed by atoms with Crippen LogP contribution < -0.4 is 0 Å². The Hall–Kier alpha value is -2.05. The van der Waals surface area contributed by atoms with Gasteiger partial charge in [-0.3, -0.25) is 9.30 Å². The van der Waals surface area contributed by atoms with Gasteiger partial charge in [0.25, 0.3) is 0 Å². The Bertz CT molecular complexity index is 864. The van der Waals surface area contributed by atoms with Crippen LogP contribution in [0.5, 0.6) is 0 Å². The van der Waals surface area contributed by atoms with Crippen molar-refractivity contribution in [2.45, 2.75) is 45.9 Å². The molecule has 6 heteroatoms. The minimum absolute atomic E-state index is 0.248. The number of aromatic nitrogens is 4. The molecule has 1 aromatic carbocycles. The van der Waals surface area contributed by atoms with E-state index in [9.17, 15) is 0 Å². The van der Waals surface area contributed by atoms with Crippen LogP contribution >= 0.6 is 0 Å². The van der Waals surface area contributed by atoms with Gasteiger partial charge in [-0.25, -0.2) is 4.98 Å². The second kappa shape index (κ2) is 6.11. The Morgan fingerprint density at radius 1 is 1.08 bits per heavy atom. The summed E-state index contributed by atoms with van der Waals surface area (Å²) in [6.45, 7) is 8.98. The monoisotopic (exact) mass is 325 g/mol. The van der Waals surface area contributed by atoms with Gasteiger partial charge < -0.3 is 4.74 Å². The van der Waals surface area contributed by atoms with E-state index in [1.807, 2.05) is 18.2 Å². The number of hydrogen-bond acceptors (Lipinski definition) is 5. The van der Waals surface area contributed by atoms with E-state index in [2.05, 4.69) is 46.3 Å². The SMILES string of the molecule is CCc1nc2ccccc2c2nnc(CN3C[C@@H](C)O[C@@H](C)C3)n12. The maximum Gasteiger partial charge on any atom is 0.171 e. The fourth-order valence-corrected chi connectivity index (χ4v) is 3.66. The molecule has 0 N–H and O–H groups in total. The van der Waals surface area contributed by atoms with Gasteiger partial charge in [-0.15, -0.1) is 10.2 Å². The number of fused-ring (bicyclic) bond motifs is 3. The van der Waals surface area contributed by atoms with Crippen molar-refractivity contribution in [1.82, 2.24) is 24.5 Å². The summed E-state index contributed by atoms with van der Waals surface area (Å²) in [6.07, 6.45) is 1.34. The molecule has 0 bridgehead atoms. The minimum Gasteiger partial charge on any atom is -0.373 e. The molecular weight excluding hydrogens is 302 g/mol. The molecule has 0 radical (unpaired) electrons. The van der Waals surface area contributed by atoms with Crippen LogP contribution in [0, 0.1) is 0 Å². The van der Waals surface area contributed by atoms with Gasteiger partial charge in [0.2, 0.25) is 0 Å². The fraction of sp³-hybridized carbons (Fsp3) is 0.500. The van der Waals surface area contributed by atoms with Gasteiger partial charge in [-0.2, -0.15) is 0 Å². The van der Waals surface area contributed by atoms with E-state index >= 15 is 0 Å². The summed E-state index contributed by atoms with van der Waals surface area (Å²) in [5.74, 6) is 1.97. The zero-order valence-corrected chi connectivity index (χ0v) is 14.4. The molecule has 0 saturated carbocycles. The highest BCUT2D eigenvalue weighted by Gasteiger charge is 2.24. The predicted octanol–water partition coefficient (Wildman–Crippen LogP) is 2.45. The Morgan fingerprint density at radius 3 is 2.58 bits per heavy atom. The Kier molecular flexibility index (Phi) is 3.94. The molecule has 2 aromatic heterocycles. The smallest absolute Gasteiger partial charge is 0.171 e. The number of nitrogens with zero attached hydrogens (tertiary/aromatic N) is 5. The molecule has 1 aliphatic rings. The molecular formula is C18H23N5O. The predicted molar refractivity (Wildman–Crippen MR) is 93.0 cm³/mol. The van der Waals surface area contributed by atoms with E-state index in [-0.39, 0.29) is 12.2 Å². The van der Waals surface area contributed by atoms with Crippen LogP contribution in [0.1, 0.15) is 32.4 Å². The van der Waals surface area contributed by atoms with Crippen molar-refractivity contribution in [2.24, 2.45) is 0 Å². The fourth-order valence-electron chi connectivity index (χ4n) is 3.66. The second-order valence-electron chi connectivity index (χ2n) is 6.63. The first kappa shape index (κ1) is 15.5. The number of hydrogen-bond donors (Lipinski definition) is 0. The summed E-state index contributed by atoms with van der Waals surface area (Å²) in [5.41, 5.74) is 1.89. The average molecular weight is 325 g/mol. The van der Waals surface area contributed by atoms with Crippen molar-refractivity contribution in [2.75, 3.05) is 13.1 Å². The third-order valence-electron chi connectivity index (χ3n) is 4.56. The Morgan fingerprint density at radius 2 is 1.83 bits per heavy atom. The maximum absolute atomic E-state index is 5.83. The third kappa shape index (κ3) is 2.65. The second-order valence-corrected chi connectivity index (χ2v) is 6.63. The zero-order valence-electron chi connectivity index (χ0n) is 14.4. The lowest BCUT2D eigenvalue weighted by atomic mass is 10.2. The largest absolute Gasteiger partial charge is 0.373 e. The first-order valence-electron chi connectivity index (χ1n) is 8.65. The summed E-state index contributed by atoms with van der Waals surface area (Å²) in [6, 6.07) is 8.14. The highest BCUT2D eigenvalue weighted by atomic mass is 16.5. The molecule has 24 heavy (non-hydrogen) atoms. The van der Waals surface area contributed by atoms with Crippen LogP contribution in [-0.4, -0.2) is 49.8 Å². The van der Waals surface area contributed by atoms with E-state index in [1.165, 1.54) is 0 Å². The lowest BCUT2D eigenvalue weighted by molar-refractivity contribution is -0.0711. The standard InChI is InChI=1S/C18H23N5O/c1-4-16-19-15-8-6-5-7-14(15)18-21-20-17(23(16)18)11-22-9-12(2)24-13(3)10-22/h5-8,12-13H,4,9-11H2,1-3H3/t12-,13+. The highest BCUT2D eigenvalue weighted by molar-refractivity contribution is 5.91. The summed E-state index contributed by atoms with van der Waals surface area (Å²) >= 11 is 0. The van der Waals surface area contributed by atoms with Crippen molar-refractivity contribution in [3.05, 3.63) is 35.9 Å². The molecule has 1 aliphatic heterocycles.